The van der Waals surface area contributed by atoms with Crippen LogP contribution in [0.3, 0.4) is 0 Å². The molecule has 1 saturated heterocycles. The average molecular weight is 345 g/mol. The van der Waals surface area contributed by atoms with E-state index in [1.54, 1.807) is 20.8 Å². The van der Waals surface area contributed by atoms with Crippen molar-refractivity contribution < 1.29 is 19.1 Å². The fourth-order valence-electron chi connectivity index (χ4n) is 3.29. The standard InChI is InChI=1S/C20H27NO4/c1-15(22)11-13-20(16-9-6-5-7-10-16)12-8-14-21(17(20)23)18(24)25-19(2,3)4/h5-7,9-10H,8,11-14H2,1-4H3/t20-/m0/s1. The van der Waals surface area contributed by atoms with Crippen LogP contribution in [0.25, 0.3) is 0 Å². The molecule has 0 saturated carbocycles. The molecular formula is C20H27NO4. The molecule has 0 unspecified atom stereocenters. The van der Waals surface area contributed by atoms with Crippen molar-refractivity contribution in [3.8, 4) is 0 Å². The number of Topliss-reactive ketones (excluding diaryl/α,β-unsaturated/α-hetero) is 1. The van der Waals surface area contributed by atoms with E-state index in [0.717, 1.165) is 5.56 Å². The molecule has 136 valence electrons. The normalized spacial score (nSPS) is 21.1. The minimum atomic E-state index is -0.845. The van der Waals surface area contributed by atoms with Gasteiger partial charge in [-0.05, 0) is 52.5 Å². The third kappa shape index (κ3) is 4.47. The molecule has 0 spiro atoms. The number of carbonyl (C=O) groups is 3. The van der Waals surface area contributed by atoms with Gasteiger partial charge in [-0.25, -0.2) is 9.69 Å². The lowest BCUT2D eigenvalue weighted by molar-refractivity contribution is -0.140. The number of hydrogen-bond acceptors (Lipinski definition) is 4. The Hall–Kier alpha value is -2.17. The molecule has 1 aromatic carbocycles. The third-order valence-corrected chi connectivity index (χ3v) is 4.48. The van der Waals surface area contributed by atoms with Crippen LogP contribution in [-0.4, -0.2) is 34.8 Å². The molecular weight excluding hydrogens is 318 g/mol. The zero-order chi connectivity index (χ0) is 18.7. The van der Waals surface area contributed by atoms with Gasteiger partial charge >= 0.3 is 6.09 Å². The molecule has 0 bridgehead atoms. The van der Waals surface area contributed by atoms with Crippen molar-refractivity contribution in [1.29, 1.82) is 0 Å². The number of rotatable bonds is 4. The van der Waals surface area contributed by atoms with E-state index in [1.165, 1.54) is 11.8 Å². The summed E-state index contributed by atoms with van der Waals surface area (Å²) in [5.41, 5.74) is -0.652. The predicted octanol–water partition coefficient (Wildman–Crippen LogP) is 3.85. The van der Waals surface area contributed by atoms with Crippen molar-refractivity contribution in [2.45, 2.75) is 64.4 Å². The topological polar surface area (TPSA) is 63.7 Å². The van der Waals surface area contributed by atoms with E-state index in [4.69, 9.17) is 4.74 Å². The van der Waals surface area contributed by atoms with Crippen LogP contribution in [0.5, 0.6) is 0 Å². The largest absolute Gasteiger partial charge is 0.443 e. The first-order valence-electron chi connectivity index (χ1n) is 8.76. The number of likely N-dealkylation sites (tertiary alicyclic amines) is 1. The molecule has 1 heterocycles. The monoisotopic (exact) mass is 345 g/mol. The highest BCUT2D eigenvalue weighted by molar-refractivity contribution is 5.99. The summed E-state index contributed by atoms with van der Waals surface area (Å²) in [5.74, 6) is -0.224. The lowest BCUT2D eigenvalue weighted by Crippen LogP contribution is -2.54. The van der Waals surface area contributed by atoms with E-state index in [-0.39, 0.29) is 11.7 Å². The molecule has 1 atom stereocenters. The Kier molecular flexibility index (Phi) is 5.65. The second kappa shape index (κ2) is 7.38. The highest BCUT2D eigenvalue weighted by Crippen LogP contribution is 2.39. The summed E-state index contributed by atoms with van der Waals surface area (Å²) < 4.78 is 5.40. The van der Waals surface area contributed by atoms with E-state index in [9.17, 15) is 14.4 Å². The maximum absolute atomic E-state index is 13.3. The first kappa shape index (κ1) is 19.2. The number of amides is 2. The SMILES string of the molecule is CC(=O)CC[C@]1(c2ccccc2)CCCN(C(=O)OC(C)(C)C)C1=O. The van der Waals surface area contributed by atoms with Crippen molar-refractivity contribution in [2.24, 2.45) is 0 Å². The van der Waals surface area contributed by atoms with Crippen LogP contribution in [-0.2, 0) is 19.7 Å². The summed E-state index contributed by atoms with van der Waals surface area (Å²) in [6.07, 6.45) is 1.42. The number of hydrogen-bond donors (Lipinski definition) is 0. The van der Waals surface area contributed by atoms with E-state index in [2.05, 4.69) is 0 Å². The fraction of sp³-hybridized carbons (Fsp3) is 0.550. The van der Waals surface area contributed by atoms with Crippen LogP contribution in [0.15, 0.2) is 30.3 Å². The highest BCUT2D eigenvalue weighted by Gasteiger charge is 2.47. The Labute approximate surface area is 149 Å². The number of nitrogens with zero attached hydrogens (tertiary/aromatic N) is 1. The third-order valence-electron chi connectivity index (χ3n) is 4.48. The maximum atomic E-state index is 13.3. The number of benzene rings is 1. The van der Waals surface area contributed by atoms with Gasteiger partial charge < -0.3 is 9.53 Å². The zero-order valence-corrected chi connectivity index (χ0v) is 15.5. The minimum Gasteiger partial charge on any atom is -0.443 e. The summed E-state index contributed by atoms with van der Waals surface area (Å²) in [5, 5.41) is 0. The smallest absolute Gasteiger partial charge is 0.417 e. The quantitative estimate of drug-likeness (QED) is 0.831. The molecule has 1 aliphatic heterocycles. The summed E-state index contributed by atoms with van der Waals surface area (Å²) >= 11 is 0. The molecule has 5 heteroatoms. The van der Waals surface area contributed by atoms with Gasteiger partial charge in [-0.15, -0.1) is 0 Å². The molecule has 0 N–H and O–H groups in total. The summed E-state index contributed by atoms with van der Waals surface area (Å²) in [6.45, 7) is 7.21. The van der Waals surface area contributed by atoms with Crippen LogP contribution in [0, 0.1) is 0 Å². The Morgan fingerprint density at radius 3 is 2.40 bits per heavy atom. The van der Waals surface area contributed by atoms with Crippen molar-refractivity contribution in [3.63, 3.8) is 0 Å². The number of ether oxygens (including phenoxy) is 1. The summed E-state index contributed by atoms with van der Waals surface area (Å²) in [4.78, 5) is 38.6. The van der Waals surface area contributed by atoms with Gasteiger partial charge in [0.05, 0.1) is 5.41 Å². The fourth-order valence-corrected chi connectivity index (χ4v) is 3.29. The highest BCUT2D eigenvalue weighted by atomic mass is 16.6. The number of piperidine rings is 1. The summed E-state index contributed by atoms with van der Waals surface area (Å²) in [7, 11) is 0. The van der Waals surface area contributed by atoms with E-state index in [1.807, 2.05) is 30.3 Å². The first-order valence-corrected chi connectivity index (χ1v) is 8.76. The van der Waals surface area contributed by atoms with E-state index in [0.29, 0.717) is 32.2 Å². The van der Waals surface area contributed by atoms with Crippen molar-refractivity contribution >= 4 is 17.8 Å². The molecule has 0 aromatic heterocycles. The lowest BCUT2D eigenvalue weighted by Gasteiger charge is -2.41. The molecule has 2 amide bonds. The summed E-state index contributed by atoms with van der Waals surface area (Å²) in [6, 6.07) is 9.45. The molecule has 1 fully saturated rings. The Morgan fingerprint density at radius 1 is 1.20 bits per heavy atom. The van der Waals surface area contributed by atoms with Crippen LogP contribution in [0.2, 0.25) is 0 Å². The molecule has 5 nitrogen and oxygen atoms in total. The van der Waals surface area contributed by atoms with Crippen LogP contribution >= 0.6 is 0 Å². The van der Waals surface area contributed by atoms with Crippen LogP contribution < -0.4 is 0 Å². The molecule has 0 aliphatic carbocycles. The second-order valence-corrected chi connectivity index (χ2v) is 7.69. The van der Waals surface area contributed by atoms with Gasteiger partial charge in [0.2, 0.25) is 5.91 Å². The average Bonchev–Trinajstić information content (AvgIpc) is 2.53. The van der Waals surface area contributed by atoms with E-state index < -0.39 is 17.1 Å². The molecule has 1 aromatic rings. The molecule has 1 aliphatic rings. The van der Waals surface area contributed by atoms with Gasteiger partial charge in [-0.2, -0.15) is 0 Å². The van der Waals surface area contributed by atoms with Gasteiger partial charge in [0.25, 0.3) is 0 Å². The second-order valence-electron chi connectivity index (χ2n) is 7.69. The minimum absolute atomic E-state index is 0.0393. The van der Waals surface area contributed by atoms with Gasteiger partial charge in [0, 0.05) is 13.0 Å². The number of ketones is 1. The molecule has 0 radical (unpaired) electrons. The van der Waals surface area contributed by atoms with E-state index >= 15 is 0 Å². The van der Waals surface area contributed by atoms with Gasteiger partial charge in [0.1, 0.15) is 11.4 Å². The van der Waals surface area contributed by atoms with Gasteiger partial charge in [0.15, 0.2) is 0 Å². The van der Waals surface area contributed by atoms with Crippen LogP contribution in [0.4, 0.5) is 4.79 Å². The molecule has 25 heavy (non-hydrogen) atoms. The predicted molar refractivity (Wildman–Crippen MR) is 95.2 cm³/mol. The Morgan fingerprint density at radius 2 is 1.84 bits per heavy atom. The maximum Gasteiger partial charge on any atom is 0.417 e. The van der Waals surface area contributed by atoms with Gasteiger partial charge in [-0.3, -0.25) is 4.79 Å². The van der Waals surface area contributed by atoms with Crippen molar-refractivity contribution in [1.82, 2.24) is 4.90 Å². The first-order chi connectivity index (χ1) is 11.7. The number of carbonyl (C=O) groups excluding carboxylic acids is 3. The zero-order valence-electron chi connectivity index (χ0n) is 15.5. The van der Waals surface area contributed by atoms with Crippen molar-refractivity contribution in [3.05, 3.63) is 35.9 Å². The molecule has 2 rings (SSSR count). The number of imide groups is 1. The van der Waals surface area contributed by atoms with Gasteiger partial charge in [-0.1, -0.05) is 30.3 Å². The lowest BCUT2D eigenvalue weighted by atomic mass is 9.70. The van der Waals surface area contributed by atoms with Crippen molar-refractivity contribution in [2.75, 3.05) is 6.54 Å². The Bertz CT molecular complexity index is 647. The Balaban J connectivity index is 2.36. The van der Waals surface area contributed by atoms with Crippen LogP contribution in [0.1, 0.15) is 58.9 Å².